The van der Waals surface area contributed by atoms with Crippen molar-refractivity contribution in [3.05, 3.63) is 24.0 Å². The number of rotatable bonds is 3. The predicted octanol–water partition coefficient (Wildman–Crippen LogP) is 2.50. The number of aliphatic hydroxyl groups is 1. The monoisotopic (exact) mass is 319 g/mol. The number of carbonyl (C=O) groups excluding carboxylic acids is 1. The molecule has 2 amide bonds. The van der Waals surface area contributed by atoms with E-state index in [1.807, 2.05) is 34.8 Å². The first-order valence-electron chi connectivity index (χ1n) is 8.89. The highest BCUT2D eigenvalue weighted by Gasteiger charge is 2.40. The summed E-state index contributed by atoms with van der Waals surface area (Å²) in [5.41, 5.74) is 1.10. The molecule has 1 aliphatic carbocycles. The minimum atomic E-state index is -0.252. The van der Waals surface area contributed by atoms with Gasteiger partial charge in [0.25, 0.3) is 0 Å². The minimum Gasteiger partial charge on any atom is -0.393 e. The number of carbonyl (C=O) groups is 1. The number of nitrogens with zero attached hydrogens (tertiary/aromatic N) is 2. The molecule has 2 heterocycles. The van der Waals surface area contributed by atoms with E-state index in [-0.39, 0.29) is 24.1 Å². The molecule has 1 aliphatic heterocycles. The molecule has 128 valence electrons. The van der Waals surface area contributed by atoms with Gasteiger partial charge in [0.15, 0.2) is 0 Å². The van der Waals surface area contributed by atoms with Gasteiger partial charge in [-0.3, -0.25) is 0 Å². The van der Waals surface area contributed by atoms with Crippen LogP contribution in [-0.2, 0) is 13.6 Å². The van der Waals surface area contributed by atoms with Gasteiger partial charge >= 0.3 is 6.03 Å². The van der Waals surface area contributed by atoms with Crippen molar-refractivity contribution in [3.8, 4) is 0 Å². The lowest BCUT2D eigenvalue weighted by Crippen LogP contribution is -2.49. The van der Waals surface area contributed by atoms with Crippen LogP contribution >= 0.6 is 0 Å². The summed E-state index contributed by atoms with van der Waals surface area (Å²) in [5, 5.41) is 13.4. The van der Waals surface area contributed by atoms with Crippen molar-refractivity contribution in [2.75, 3.05) is 6.54 Å². The zero-order valence-electron chi connectivity index (χ0n) is 14.2. The van der Waals surface area contributed by atoms with Crippen molar-refractivity contribution in [1.29, 1.82) is 0 Å². The van der Waals surface area contributed by atoms with E-state index in [0.717, 1.165) is 44.3 Å². The molecule has 0 radical (unpaired) electrons. The molecule has 2 N–H and O–H groups in total. The van der Waals surface area contributed by atoms with Crippen LogP contribution in [0.3, 0.4) is 0 Å². The number of amides is 2. The highest BCUT2D eigenvalue weighted by atomic mass is 16.3. The Morgan fingerprint density at radius 2 is 2.22 bits per heavy atom. The number of aliphatic hydroxyl groups excluding tert-OH is 1. The van der Waals surface area contributed by atoms with Crippen molar-refractivity contribution in [2.45, 2.75) is 57.7 Å². The Balaban J connectivity index is 1.61. The second-order valence-corrected chi connectivity index (χ2v) is 7.32. The summed E-state index contributed by atoms with van der Waals surface area (Å²) in [4.78, 5) is 14.6. The molecule has 0 unspecified atom stereocenters. The fourth-order valence-corrected chi connectivity index (χ4v) is 4.26. The smallest absolute Gasteiger partial charge is 0.317 e. The van der Waals surface area contributed by atoms with Crippen molar-refractivity contribution in [2.24, 2.45) is 18.9 Å². The third-order valence-electron chi connectivity index (χ3n) is 5.65. The molecule has 5 nitrogen and oxygen atoms in total. The second-order valence-electron chi connectivity index (χ2n) is 7.32. The maximum absolute atomic E-state index is 12.6. The van der Waals surface area contributed by atoms with Gasteiger partial charge in [-0.1, -0.05) is 6.92 Å². The van der Waals surface area contributed by atoms with Crippen molar-refractivity contribution < 1.29 is 9.90 Å². The zero-order valence-corrected chi connectivity index (χ0v) is 14.2. The number of urea groups is 1. The van der Waals surface area contributed by atoms with Crippen LogP contribution in [0.25, 0.3) is 0 Å². The second kappa shape index (κ2) is 6.95. The van der Waals surface area contributed by atoms with Crippen LogP contribution in [-0.4, -0.2) is 39.3 Å². The molecule has 1 saturated heterocycles. The van der Waals surface area contributed by atoms with Crippen molar-refractivity contribution in [3.63, 3.8) is 0 Å². The molecule has 2 fully saturated rings. The number of hydrogen-bond donors (Lipinski definition) is 2. The normalized spacial score (nSPS) is 31.3. The first kappa shape index (κ1) is 16.4. The summed E-state index contributed by atoms with van der Waals surface area (Å²) in [7, 11) is 1.99. The minimum absolute atomic E-state index is 0.0131. The van der Waals surface area contributed by atoms with E-state index < -0.39 is 0 Å². The quantitative estimate of drug-likeness (QED) is 0.899. The molecule has 1 saturated carbocycles. The van der Waals surface area contributed by atoms with Crippen LogP contribution in [0.1, 0.15) is 44.7 Å². The first-order chi connectivity index (χ1) is 11.1. The van der Waals surface area contributed by atoms with E-state index in [1.54, 1.807) is 0 Å². The average molecular weight is 319 g/mol. The summed E-state index contributed by atoms with van der Waals surface area (Å²) >= 11 is 0. The van der Waals surface area contributed by atoms with Crippen LogP contribution in [0.2, 0.25) is 0 Å². The van der Waals surface area contributed by atoms with Gasteiger partial charge in [-0.25, -0.2) is 4.79 Å². The number of aryl methyl sites for hydroxylation is 1. The van der Waals surface area contributed by atoms with Gasteiger partial charge in [0, 0.05) is 37.4 Å². The molecule has 1 aromatic rings. The van der Waals surface area contributed by atoms with Gasteiger partial charge in [-0.05, 0) is 50.2 Å². The fraction of sp³-hybridized carbons (Fsp3) is 0.722. The Hall–Kier alpha value is -1.49. The molecule has 5 heteroatoms. The Morgan fingerprint density at radius 3 is 2.96 bits per heavy atom. The number of likely N-dealkylation sites (tertiary alicyclic amines) is 1. The molecule has 2 aliphatic rings. The van der Waals surface area contributed by atoms with Crippen LogP contribution in [0, 0.1) is 11.8 Å². The SMILES string of the molecule is C[C@@H]1CC[C@H](O)[C@@H]([C@@H]2CCCN2C(=O)NCc2cccn2C)C1. The summed E-state index contributed by atoms with van der Waals surface area (Å²) < 4.78 is 2.02. The van der Waals surface area contributed by atoms with Crippen LogP contribution in [0.15, 0.2) is 18.3 Å². The summed E-state index contributed by atoms with van der Waals surface area (Å²) in [6.07, 6.45) is 6.81. The van der Waals surface area contributed by atoms with Gasteiger partial charge < -0.3 is 19.9 Å². The van der Waals surface area contributed by atoms with E-state index in [9.17, 15) is 9.90 Å². The molecule has 0 spiro atoms. The molecule has 1 aromatic heterocycles. The third-order valence-corrected chi connectivity index (χ3v) is 5.65. The standard InChI is InChI=1S/C18H29N3O2/c1-13-7-8-17(22)15(11-13)16-6-4-10-21(16)18(23)19-12-14-5-3-9-20(14)2/h3,5,9,13,15-17,22H,4,6-8,10-12H2,1-2H3,(H,19,23)/t13-,15-,16+,17+/m1/s1. The number of aromatic nitrogens is 1. The molecular formula is C18H29N3O2. The first-order valence-corrected chi connectivity index (χ1v) is 8.89. The molecule has 0 bridgehead atoms. The molecule has 4 atom stereocenters. The molecule has 23 heavy (non-hydrogen) atoms. The zero-order chi connectivity index (χ0) is 16.4. The van der Waals surface area contributed by atoms with Gasteiger partial charge in [0.2, 0.25) is 0 Å². The largest absolute Gasteiger partial charge is 0.393 e. The maximum Gasteiger partial charge on any atom is 0.317 e. The summed E-state index contributed by atoms with van der Waals surface area (Å²) in [6, 6.07) is 4.22. The lowest BCUT2D eigenvalue weighted by molar-refractivity contribution is 0.0153. The van der Waals surface area contributed by atoms with Gasteiger partial charge in [-0.2, -0.15) is 0 Å². The summed E-state index contributed by atoms with van der Waals surface area (Å²) in [6.45, 7) is 3.62. The van der Waals surface area contributed by atoms with Crippen molar-refractivity contribution >= 4 is 6.03 Å². The topological polar surface area (TPSA) is 57.5 Å². The third kappa shape index (κ3) is 3.55. The van der Waals surface area contributed by atoms with Gasteiger partial charge in [0.1, 0.15) is 0 Å². The number of nitrogens with one attached hydrogen (secondary N) is 1. The molecule has 3 rings (SSSR count). The highest BCUT2D eigenvalue weighted by Crippen LogP contribution is 2.37. The summed E-state index contributed by atoms with van der Waals surface area (Å²) in [5.74, 6) is 0.888. The van der Waals surface area contributed by atoms with Crippen LogP contribution in [0.5, 0.6) is 0 Å². The maximum atomic E-state index is 12.6. The van der Waals surface area contributed by atoms with Crippen LogP contribution in [0.4, 0.5) is 4.79 Å². The lowest BCUT2D eigenvalue weighted by Gasteiger charge is -2.39. The Kier molecular flexibility index (Phi) is 4.95. The predicted molar refractivity (Wildman–Crippen MR) is 89.9 cm³/mol. The van der Waals surface area contributed by atoms with Gasteiger partial charge in [0.05, 0.1) is 12.6 Å². The fourth-order valence-electron chi connectivity index (χ4n) is 4.26. The van der Waals surface area contributed by atoms with E-state index >= 15 is 0 Å². The Morgan fingerprint density at radius 1 is 1.39 bits per heavy atom. The van der Waals surface area contributed by atoms with Gasteiger partial charge in [-0.15, -0.1) is 0 Å². The molecular weight excluding hydrogens is 290 g/mol. The number of hydrogen-bond acceptors (Lipinski definition) is 2. The average Bonchev–Trinajstić information content (AvgIpc) is 3.16. The molecule has 0 aromatic carbocycles. The highest BCUT2D eigenvalue weighted by molar-refractivity contribution is 5.74. The van der Waals surface area contributed by atoms with E-state index in [0.29, 0.717) is 12.5 Å². The van der Waals surface area contributed by atoms with E-state index in [1.165, 1.54) is 0 Å². The Bertz CT molecular complexity index is 542. The van der Waals surface area contributed by atoms with Crippen LogP contribution < -0.4 is 5.32 Å². The Labute approximate surface area is 138 Å². The van der Waals surface area contributed by atoms with Crippen molar-refractivity contribution in [1.82, 2.24) is 14.8 Å². The van der Waals surface area contributed by atoms with E-state index in [2.05, 4.69) is 12.2 Å². The lowest BCUT2D eigenvalue weighted by atomic mass is 9.76. The van der Waals surface area contributed by atoms with E-state index in [4.69, 9.17) is 0 Å².